The van der Waals surface area contributed by atoms with Gasteiger partial charge in [-0.25, -0.2) is 14.6 Å². The van der Waals surface area contributed by atoms with Crippen molar-refractivity contribution >= 4 is 11.8 Å². The van der Waals surface area contributed by atoms with Gasteiger partial charge in [0.05, 0.1) is 6.10 Å². The topological polar surface area (TPSA) is 63.8 Å². The fourth-order valence-corrected chi connectivity index (χ4v) is 1.99. The summed E-state index contributed by atoms with van der Waals surface area (Å²) >= 11 is 1.42. The highest BCUT2D eigenvalue weighted by atomic mass is 32.2. The summed E-state index contributed by atoms with van der Waals surface area (Å²) in [6.07, 6.45) is 2.70. The van der Waals surface area contributed by atoms with Crippen molar-refractivity contribution in [1.82, 2.24) is 19.7 Å². The molecule has 84 valence electrons. The van der Waals surface area contributed by atoms with Crippen LogP contribution in [-0.4, -0.2) is 24.9 Å². The first-order valence-electron chi connectivity index (χ1n) is 4.82. The largest absolute Gasteiger partial charge is 0.389 e. The molecule has 0 saturated heterocycles. The summed E-state index contributed by atoms with van der Waals surface area (Å²) < 4.78 is 1.68. The lowest BCUT2D eigenvalue weighted by Crippen LogP contribution is -1.95. The minimum Gasteiger partial charge on any atom is -0.389 e. The van der Waals surface area contributed by atoms with Crippen LogP contribution in [0.2, 0.25) is 0 Å². The van der Waals surface area contributed by atoms with Crippen LogP contribution >= 0.6 is 11.8 Å². The molecular formula is C10H12N4OS. The number of aromatic nitrogens is 4. The molecule has 2 rings (SSSR count). The molecule has 6 heteroatoms. The van der Waals surface area contributed by atoms with E-state index in [2.05, 4.69) is 15.1 Å². The molecule has 0 bridgehead atoms. The first-order valence-corrected chi connectivity index (χ1v) is 5.64. The summed E-state index contributed by atoms with van der Waals surface area (Å²) in [7, 11) is 1.83. The zero-order valence-corrected chi connectivity index (χ0v) is 9.85. The molecule has 5 nitrogen and oxygen atoms in total. The molecule has 0 aliphatic rings. The van der Waals surface area contributed by atoms with Crippen molar-refractivity contribution in [2.24, 2.45) is 7.05 Å². The van der Waals surface area contributed by atoms with Gasteiger partial charge in [-0.15, -0.1) is 0 Å². The fourth-order valence-electron chi connectivity index (χ4n) is 1.21. The molecule has 0 amide bonds. The Hall–Kier alpha value is -1.40. The van der Waals surface area contributed by atoms with Gasteiger partial charge in [0.15, 0.2) is 5.16 Å². The highest BCUT2D eigenvalue weighted by Gasteiger charge is 2.07. The Labute approximate surface area is 97.5 Å². The molecule has 0 unspecified atom stereocenters. The van der Waals surface area contributed by atoms with Crippen molar-refractivity contribution in [3.8, 4) is 0 Å². The molecule has 1 atom stereocenters. The molecule has 0 radical (unpaired) electrons. The number of aliphatic hydroxyl groups is 1. The maximum atomic E-state index is 9.46. The Balaban J connectivity index is 2.22. The molecule has 0 aromatic carbocycles. The van der Waals surface area contributed by atoms with Crippen LogP contribution in [0.1, 0.15) is 18.6 Å². The Bertz CT molecular complexity index is 483. The number of aryl methyl sites for hydroxylation is 1. The van der Waals surface area contributed by atoms with Crippen LogP contribution in [-0.2, 0) is 7.05 Å². The molecule has 0 fully saturated rings. The Morgan fingerprint density at radius 2 is 2.25 bits per heavy atom. The molecule has 2 aromatic heterocycles. The average molecular weight is 236 g/mol. The monoisotopic (exact) mass is 236 g/mol. The van der Waals surface area contributed by atoms with Gasteiger partial charge in [0.2, 0.25) is 0 Å². The second-order valence-corrected chi connectivity index (χ2v) is 4.36. The zero-order valence-electron chi connectivity index (χ0n) is 9.03. The smallest absolute Gasteiger partial charge is 0.192 e. The number of pyridine rings is 1. The standard InChI is InChI=1S/C10H12N4OS/c1-7(15)8-3-4-11-9(5-8)16-10-12-6-13-14(10)2/h3-7,15H,1-2H3/t7-/m1/s1. The lowest BCUT2D eigenvalue weighted by Gasteiger charge is -2.05. The molecule has 16 heavy (non-hydrogen) atoms. The van der Waals surface area contributed by atoms with Crippen LogP contribution in [0.5, 0.6) is 0 Å². The van der Waals surface area contributed by atoms with Gasteiger partial charge in [-0.1, -0.05) is 0 Å². The van der Waals surface area contributed by atoms with Gasteiger partial charge in [-0.3, -0.25) is 0 Å². The van der Waals surface area contributed by atoms with E-state index < -0.39 is 6.10 Å². The second kappa shape index (κ2) is 4.63. The number of hydrogen-bond acceptors (Lipinski definition) is 5. The van der Waals surface area contributed by atoms with Crippen LogP contribution < -0.4 is 0 Å². The minimum absolute atomic E-state index is 0.484. The van der Waals surface area contributed by atoms with E-state index in [0.29, 0.717) is 0 Å². The summed E-state index contributed by atoms with van der Waals surface area (Å²) in [5, 5.41) is 15.0. The first kappa shape index (κ1) is 11.1. The quantitative estimate of drug-likeness (QED) is 0.873. The van der Waals surface area contributed by atoms with E-state index in [-0.39, 0.29) is 0 Å². The number of hydrogen-bond donors (Lipinski definition) is 1. The van der Waals surface area contributed by atoms with Gasteiger partial charge in [0.25, 0.3) is 0 Å². The minimum atomic E-state index is -0.484. The summed E-state index contributed by atoms with van der Waals surface area (Å²) in [5.41, 5.74) is 0.847. The van der Waals surface area contributed by atoms with Crippen LogP contribution in [0.3, 0.4) is 0 Å². The fraction of sp³-hybridized carbons (Fsp3) is 0.300. The maximum Gasteiger partial charge on any atom is 0.192 e. The summed E-state index contributed by atoms with van der Waals surface area (Å²) in [6.45, 7) is 1.73. The second-order valence-electron chi connectivity index (χ2n) is 3.37. The van der Waals surface area contributed by atoms with Crippen LogP contribution in [0.25, 0.3) is 0 Å². The van der Waals surface area contributed by atoms with Crippen molar-refractivity contribution in [3.63, 3.8) is 0 Å². The van der Waals surface area contributed by atoms with Crippen molar-refractivity contribution in [2.45, 2.75) is 23.2 Å². The SMILES string of the molecule is C[C@@H](O)c1ccnc(Sc2ncnn2C)c1. The van der Waals surface area contributed by atoms with Gasteiger partial charge in [0.1, 0.15) is 11.4 Å². The molecule has 0 saturated carbocycles. The van der Waals surface area contributed by atoms with E-state index in [0.717, 1.165) is 15.7 Å². The van der Waals surface area contributed by atoms with E-state index in [1.165, 1.54) is 18.1 Å². The highest BCUT2D eigenvalue weighted by Crippen LogP contribution is 2.25. The van der Waals surface area contributed by atoms with Gasteiger partial charge in [-0.05, 0) is 36.4 Å². The Morgan fingerprint density at radius 3 is 2.88 bits per heavy atom. The molecule has 1 N–H and O–H groups in total. The van der Waals surface area contributed by atoms with Crippen LogP contribution in [0.4, 0.5) is 0 Å². The third-order valence-corrected chi connectivity index (χ3v) is 3.09. The van der Waals surface area contributed by atoms with Crippen LogP contribution in [0, 0.1) is 0 Å². The maximum absolute atomic E-state index is 9.46. The zero-order chi connectivity index (χ0) is 11.5. The summed E-state index contributed by atoms with van der Waals surface area (Å²) in [5.74, 6) is 0. The van der Waals surface area contributed by atoms with Crippen molar-refractivity contribution < 1.29 is 5.11 Å². The number of aliphatic hydroxyl groups excluding tert-OH is 1. The molecule has 0 spiro atoms. The summed E-state index contributed by atoms with van der Waals surface area (Å²) in [6, 6.07) is 3.65. The Morgan fingerprint density at radius 1 is 1.44 bits per heavy atom. The van der Waals surface area contributed by atoms with Crippen molar-refractivity contribution in [3.05, 3.63) is 30.2 Å². The van der Waals surface area contributed by atoms with Gasteiger partial charge in [0, 0.05) is 13.2 Å². The molecule has 2 aromatic rings. The Kier molecular flexibility index (Phi) is 3.21. The molecular weight excluding hydrogens is 224 g/mol. The normalized spacial score (nSPS) is 12.7. The average Bonchev–Trinajstić information content (AvgIpc) is 2.65. The molecule has 2 heterocycles. The van der Waals surface area contributed by atoms with E-state index in [9.17, 15) is 5.11 Å². The van der Waals surface area contributed by atoms with Crippen molar-refractivity contribution in [1.29, 1.82) is 0 Å². The lowest BCUT2D eigenvalue weighted by atomic mass is 10.2. The first-order chi connectivity index (χ1) is 7.66. The van der Waals surface area contributed by atoms with E-state index in [1.54, 1.807) is 23.9 Å². The predicted octanol–water partition coefficient (Wildman–Crippen LogP) is 1.41. The third-order valence-electron chi connectivity index (χ3n) is 2.11. The van der Waals surface area contributed by atoms with Gasteiger partial charge < -0.3 is 5.11 Å². The van der Waals surface area contributed by atoms with Crippen LogP contribution in [0.15, 0.2) is 34.8 Å². The number of nitrogens with zero attached hydrogens (tertiary/aromatic N) is 4. The summed E-state index contributed by atoms with van der Waals surface area (Å²) in [4.78, 5) is 8.31. The van der Waals surface area contributed by atoms with E-state index in [4.69, 9.17) is 0 Å². The van der Waals surface area contributed by atoms with E-state index >= 15 is 0 Å². The molecule has 0 aliphatic carbocycles. The predicted molar refractivity (Wildman–Crippen MR) is 60.0 cm³/mol. The van der Waals surface area contributed by atoms with Gasteiger partial charge >= 0.3 is 0 Å². The van der Waals surface area contributed by atoms with Gasteiger partial charge in [-0.2, -0.15) is 5.10 Å². The lowest BCUT2D eigenvalue weighted by molar-refractivity contribution is 0.199. The third kappa shape index (κ3) is 2.40. The van der Waals surface area contributed by atoms with Crippen molar-refractivity contribution in [2.75, 3.05) is 0 Å². The number of rotatable bonds is 3. The highest BCUT2D eigenvalue weighted by molar-refractivity contribution is 7.99. The molecule has 0 aliphatic heterocycles. The van der Waals surface area contributed by atoms with E-state index in [1.807, 2.05) is 13.1 Å².